The van der Waals surface area contributed by atoms with Crippen molar-refractivity contribution in [1.82, 2.24) is 0 Å². The van der Waals surface area contributed by atoms with Gasteiger partial charge in [-0.05, 0) is 34.9 Å². The van der Waals surface area contributed by atoms with Gasteiger partial charge < -0.3 is 0 Å². The summed E-state index contributed by atoms with van der Waals surface area (Å²) >= 11 is 0. The van der Waals surface area contributed by atoms with Crippen LogP contribution in [0.5, 0.6) is 0 Å². The zero-order valence-corrected chi connectivity index (χ0v) is 17.0. The molecular formula is C29H21NO. The van der Waals surface area contributed by atoms with E-state index in [1.165, 1.54) is 0 Å². The summed E-state index contributed by atoms with van der Waals surface area (Å²) in [6.07, 6.45) is 2.03. The Morgan fingerprint density at radius 2 is 1.00 bits per heavy atom. The van der Waals surface area contributed by atoms with Crippen LogP contribution in [0.15, 0.2) is 133 Å². The number of carbonyl (C=O) groups excluding carboxylic acids is 1. The molecular weight excluding hydrogens is 378 g/mol. The average molecular weight is 399 g/mol. The topological polar surface area (TPSA) is 20.3 Å². The van der Waals surface area contributed by atoms with Crippen LogP contribution in [0.4, 0.5) is 5.69 Å². The van der Waals surface area contributed by atoms with Crippen LogP contribution in [-0.2, 0) is 4.79 Å². The Labute approximate surface area is 182 Å². The average Bonchev–Trinajstić information content (AvgIpc) is 3.18. The van der Waals surface area contributed by atoms with E-state index in [1.54, 1.807) is 0 Å². The maximum absolute atomic E-state index is 13.7. The fourth-order valence-corrected chi connectivity index (χ4v) is 4.01. The highest BCUT2D eigenvalue weighted by molar-refractivity contribution is 6.32. The zero-order chi connectivity index (χ0) is 21.0. The third kappa shape index (κ3) is 3.60. The summed E-state index contributed by atoms with van der Waals surface area (Å²) in [4.78, 5) is 15.5. The smallest absolute Gasteiger partial charge is 0.263 e. The van der Waals surface area contributed by atoms with Crippen LogP contribution in [-0.4, -0.2) is 5.91 Å². The Hall–Kier alpha value is -4.17. The van der Waals surface area contributed by atoms with E-state index in [9.17, 15) is 4.79 Å². The maximum Gasteiger partial charge on any atom is 0.263 e. The van der Waals surface area contributed by atoms with Crippen LogP contribution < -0.4 is 4.90 Å². The SMILES string of the molecule is O=C1C(c2ccccc2)=CC(=C(c2ccccc2)c2ccccc2)N1c1ccccc1. The van der Waals surface area contributed by atoms with E-state index in [-0.39, 0.29) is 5.91 Å². The number of carbonyl (C=O) groups is 1. The highest BCUT2D eigenvalue weighted by Crippen LogP contribution is 2.39. The summed E-state index contributed by atoms with van der Waals surface area (Å²) in [5.74, 6) is -0.0169. The van der Waals surface area contributed by atoms with Crippen LogP contribution in [0.3, 0.4) is 0 Å². The van der Waals surface area contributed by atoms with Crippen LogP contribution in [0.2, 0.25) is 0 Å². The molecule has 0 atom stereocenters. The van der Waals surface area contributed by atoms with Gasteiger partial charge in [0.05, 0.1) is 5.70 Å². The van der Waals surface area contributed by atoms with E-state index in [0.717, 1.165) is 33.6 Å². The summed E-state index contributed by atoms with van der Waals surface area (Å²) in [7, 11) is 0. The van der Waals surface area contributed by atoms with Crippen LogP contribution in [0.25, 0.3) is 11.1 Å². The summed E-state index contributed by atoms with van der Waals surface area (Å²) in [5, 5.41) is 0. The molecule has 4 aromatic rings. The molecule has 0 aromatic heterocycles. The molecule has 0 saturated carbocycles. The number of nitrogens with zero attached hydrogens (tertiary/aromatic N) is 1. The molecule has 2 heteroatoms. The molecule has 0 bridgehead atoms. The van der Waals surface area contributed by atoms with Crippen molar-refractivity contribution in [2.75, 3.05) is 4.90 Å². The lowest BCUT2D eigenvalue weighted by Crippen LogP contribution is -2.26. The molecule has 0 spiro atoms. The Morgan fingerprint density at radius 3 is 1.52 bits per heavy atom. The number of rotatable bonds is 4. The number of benzene rings is 4. The van der Waals surface area contributed by atoms with Crippen molar-refractivity contribution in [2.45, 2.75) is 0 Å². The second-order valence-electron chi connectivity index (χ2n) is 7.39. The van der Waals surface area contributed by atoms with E-state index in [2.05, 4.69) is 24.3 Å². The van der Waals surface area contributed by atoms with Gasteiger partial charge in [-0.3, -0.25) is 9.69 Å². The lowest BCUT2D eigenvalue weighted by molar-refractivity contribution is -0.112. The fourth-order valence-electron chi connectivity index (χ4n) is 4.01. The normalized spacial score (nSPS) is 13.3. The summed E-state index contributed by atoms with van der Waals surface area (Å²) in [6.45, 7) is 0. The van der Waals surface area contributed by atoms with Crippen LogP contribution in [0.1, 0.15) is 16.7 Å². The van der Waals surface area contributed by atoms with Crippen molar-refractivity contribution in [3.05, 3.63) is 150 Å². The van der Waals surface area contributed by atoms with Crippen LogP contribution >= 0.6 is 0 Å². The molecule has 0 unspecified atom stereocenters. The third-order valence-corrected chi connectivity index (χ3v) is 5.44. The minimum Gasteiger partial charge on any atom is -0.276 e. The summed E-state index contributed by atoms with van der Waals surface area (Å²) in [6, 6.07) is 40.3. The molecule has 1 aliphatic heterocycles. The van der Waals surface area contributed by atoms with Gasteiger partial charge in [-0.2, -0.15) is 0 Å². The number of para-hydroxylation sites is 1. The van der Waals surface area contributed by atoms with Gasteiger partial charge in [0, 0.05) is 16.8 Å². The van der Waals surface area contributed by atoms with Gasteiger partial charge in [0.15, 0.2) is 0 Å². The molecule has 0 N–H and O–H groups in total. The Balaban J connectivity index is 1.81. The molecule has 0 aliphatic carbocycles. The number of hydrogen-bond acceptors (Lipinski definition) is 1. The molecule has 1 heterocycles. The standard InChI is InChI=1S/C29H21NO/c31-29-26(22-13-5-1-6-14-22)21-27(30(29)25-19-11-4-12-20-25)28(23-15-7-2-8-16-23)24-17-9-3-10-18-24/h1-21H. The minimum atomic E-state index is -0.0169. The predicted molar refractivity (Wildman–Crippen MR) is 127 cm³/mol. The molecule has 0 radical (unpaired) electrons. The van der Waals surface area contributed by atoms with Gasteiger partial charge in [-0.15, -0.1) is 0 Å². The number of hydrogen-bond donors (Lipinski definition) is 0. The van der Waals surface area contributed by atoms with Crippen molar-refractivity contribution in [1.29, 1.82) is 0 Å². The van der Waals surface area contributed by atoms with Gasteiger partial charge in [0.25, 0.3) is 5.91 Å². The van der Waals surface area contributed by atoms with Crippen molar-refractivity contribution >= 4 is 22.7 Å². The summed E-state index contributed by atoms with van der Waals surface area (Å²) < 4.78 is 0. The third-order valence-electron chi connectivity index (χ3n) is 5.44. The largest absolute Gasteiger partial charge is 0.276 e. The van der Waals surface area contributed by atoms with Crippen molar-refractivity contribution in [2.24, 2.45) is 0 Å². The molecule has 1 aliphatic rings. The predicted octanol–water partition coefficient (Wildman–Crippen LogP) is 6.58. The van der Waals surface area contributed by atoms with E-state index >= 15 is 0 Å². The van der Waals surface area contributed by atoms with Gasteiger partial charge in [-0.1, -0.05) is 109 Å². The van der Waals surface area contributed by atoms with Crippen molar-refractivity contribution in [3.8, 4) is 0 Å². The Morgan fingerprint density at radius 1 is 0.548 bits per heavy atom. The molecule has 1 amide bonds. The molecule has 2 nitrogen and oxygen atoms in total. The van der Waals surface area contributed by atoms with Crippen LogP contribution in [0, 0.1) is 0 Å². The van der Waals surface area contributed by atoms with Crippen molar-refractivity contribution in [3.63, 3.8) is 0 Å². The van der Waals surface area contributed by atoms with E-state index in [4.69, 9.17) is 0 Å². The number of amides is 1. The molecule has 0 saturated heterocycles. The Bertz CT molecular complexity index is 1220. The van der Waals surface area contributed by atoms with Gasteiger partial charge in [0.1, 0.15) is 0 Å². The van der Waals surface area contributed by atoms with Gasteiger partial charge >= 0.3 is 0 Å². The fraction of sp³-hybridized carbons (Fsp3) is 0. The first kappa shape index (κ1) is 18.8. The lowest BCUT2D eigenvalue weighted by atomic mass is 9.95. The summed E-state index contributed by atoms with van der Waals surface area (Å²) in [5.41, 5.74) is 6.53. The second kappa shape index (κ2) is 8.29. The first-order valence-electron chi connectivity index (χ1n) is 10.3. The van der Waals surface area contributed by atoms with Crippen molar-refractivity contribution < 1.29 is 4.79 Å². The number of anilines is 1. The second-order valence-corrected chi connectivity index (χ2v) is 7.39. The van der Waals surface area contributed by atoms with Gasteiger partial charge in [-0.25, -0.2) is 0 Å². The van der Waals surface area contributed by atoms with E-state index in [1.807, 2.05) is 108 Å². The minimum absolute atomic E-state index is 0.0169. The van der Waals surface area contributed by atoms with E-state index < -0.39 is 0 Å². The molecule has 4 aromatic carbocycles. The highest BCUT2D eigenvalue weighted by Gasteiger charge is 2.32. The Kier molecular flexibility index (Phi) is 5.04. The van der Waals surface area contributed by atoms with Gasteiger partial charge in [0.2, 0.25) is 0 Å². The molecule has 0 fully saturated rings. The maximum atomic E-state index is 13.7. The molecule has 148 valence electrons. The zero-order valence-electron chi connectivity index (χ0n) is 17.0. The molecule has 5 rings (SSSR count). The molecule has 31 heavy (non-hydrogen) atoms. The lowest BCUT2D eigenvalue weighted by Gasteiger charge is -2.23. The monoisotopic (exact) mass is 399 g/mol. The van der Waals surface area contributed by atoms with E-state index in [0.29, 0.717) is 5.57 Å². The first-order valence-corrected chi connectivity index (χ1v) is 10.3. The first-order chi connectivity index (χ1) is 15.3. The highest BCUT2D eigenvalue weighted by atomic mass is 16.2. The number of allylic oxidation sites excluding steroid dienone is 1. The quantitative estimate of drug-likeness (QED) is 0.380.